The van der Waals surface area contributed by atoms with Crippen LogP contribution in [0.25, 0.3) is 0 Å². The van der Waals surface area contributed by atoms with Crippen molar-refractivity contribution in [2.45, 2.75) is 32.7 Å². The maximum absolute atomic E-state index is 12.7. The van der Waals surface area contributed by atoms with Gasteiger partial charge in [-0.3, -0.25) is 4.90 Å². The molecule has 1 aliphatic heterocycles. The molecule has 0 radical (unpaired) electrons. The summed E-state index contributed by atoms with van der Waals surface area (Å²) in [5.74, 6) is 0.153. The summed E-state index contributed by atoms with van der Waals surface area (Å²) >= 11 is 0. The molecule has 1 saturated heterocycles. The van der Waals surface area contributed by atoms with Crippen molar-refractivity contribution in [2.24, 2.45) is 0 Å². The van der Waals surface area contributed by atoms with E-state index in [4.69, 9.17) is 0 Å². The number of benzene rings is 2. The van der Waals surface area contributed by atoms with Crippen LogP contribution in [0.15, 0.2) is 48.5 Å². The summed E-state index contributed by atoms with van der Waals surface area (Å²) in [6.07, 6.45) is -4.71. The third kappa shape index (κ3) is 4.72. The van der Waals surface area contributed by atoms with Gasteiger partial charge in [0, 0.05) is 25.3 Å². The second kappa shape index (κ2) is 7.50. The van der Waals surface area contributed by atoms with E-state index in [2.05, 4.69) is 18.6 Å². The molecule has 0 aliphatic carbocycles. The first-order valence-electron chi connectivity index (χ1n) is 8.74. The SMILES string of the molecule is CC(C)c1ccc(N2CCN(Cc3ccc(OC(F)(F)F)cc3)C2=O)cc1. The number of carbonyl (C=O) groups excluding carboxylic acids is 1. The highest BCUT2D eigenvalue weighted by molar-refractivity contribution is 5.94. The molecule has 0 bridgehead atoms. The molecular weight excluding hydrogens is 357 g/mol. The summed E-state index contributed by atoms with van der Waals surface area (Å²) in [5.41, 5.74) is 2.80. The van der Waals surface area contributed by atoms with Crippen molar-refractivity contribution < 1.29 is 22.7 Å². The lowest BCUT2D eigenvalue weighted by Crippen LogP contribution is -2.31. The molecule has 3 rings (SSSR count). The Labute approximate surface area is 156 Å². The summed E-state index contributed by atoms with van der Waals surface area (Å²) in [7, 11) is 0. The maximum atomic E-state index is 12.7. The summed E-state index contributed by atoms with van der Waals surface area (Å²) < 4.78 is 40.5. The largest absolute Gasteiger partial charge is 0.573 e. The van der Waals surface area contributed by atoms with E-state index in [1.807, 2.05) is 24.3 Å². The molecule has 1 heterocycles. The van der Waals surface area contributed by atoms with Gasteiger partial charge in [-0.05, 0) is 41.3 Å². The second-order valence-electron chi connectivity index (χ2n) is 6.79. The minimum absolute atomic E-state index is 0.108. The van der Waals surface area contributed by atoms with Gasteiger partial charge in [-0.2, -0.15) is 0 Å². The molecular formula is C20H21F3N2O2. The van der Waals surface area contributed by atoms with Gasteiger partial charge in [0.15, 0.2) is 0 Å². The number of carbonyl (C=O) groups is 1. The Balaban J connectivity index is 1.63. The molecule has 144 valence electrons. The topological polar surface area (TPSA) is 32.8 Å². The lowest BCUT2D eigenvalue weighted by Gasteiger charge is -2.19. The highest BCUT2D eigenvalue weighted by Gasteiger charge is 2.31. The summed E-state index contributed by atoms with van der Waals surface area (Å²) in [6.45, 7) is 5.71. The van der Waals surface area contributed by atoms with Crippen molar-refractivity contribution in [3.8, 4) is 5.75 Å². The number of hydrogen-bond donors (Lipinski definition) is 0. The fraction of sp³-hybridized carbons (Fsp3) is 0.350. The molecule has 0 N–H and O–H groups in total. The van der Waals surface area contributed by atoms with E-state index in [1.165, 1.54) is 29.8 Å². The number of urea groups is 1. The zero-order chi connectivity index (χ0) is 19.6. The lowest BCUT2D eigenvalue weighted by molar-refractivity contribution is -0.274. The van der Waals surface area contributed by atoms with E-state index < -0.39 is 6.36 Å². The summed E-state index contributed by atoms with van der Waals surface area (Å²) in [6, 6.07) is 13.4. The van der Waals surface area contributed by atoms with Crippen molar-refractivity contribution in [1.82, 2.24) is 4.90 Å². The van der Waals surface area contributed by atoms with Gasteiger partial charge in [0.25, 0.3) is 0 Å². The van der Waals surface area contributed by atoms with Crippen molar-refractivity contribution >= 4 is 11.7 Å². The second-order valence-corrected chi connectivity index (χ2v) is 6.79. The summed E-state index contributed by atoms with van der Waals surface area (Å²) in [4.78, 5) is 16.1. The monoisotopic (exact) mass is 378 g/mol. The zero-order valence-electron chi connectivity index (χ0n) is 15.2. The minimum Gasteiger partial charge on any atom is -0.406 e. The number of amides is 2. The molecule has 0 saturated carbocycles. The van der Waals surface area contributed by atoms with Crippen LogP contribution in [-0.4, -0.2) is 30.4 Å². The van der Waals surface area contributed by atoms with Crippen LogP contribution in [0.5, 0.6) is 5.75 Å². The number of alkyl halides is 3. The first-order chi connectivity index (χ1) is 12.7. The van der Waals surface area contributed by atoms with Crippen LogP contribution >= 0.6 is 0 Å². The standard InChI is InChI=1S/C20H21F3N2O2/c1-14(2)16-5-7-17(8-6-16)25-12-11-24(19(25)26)13-15-3-9-18(10-4-15)27-20(21,22)23/h3-10,14H,11-13H2,1-2H3. The van der Waals surface area contributed by atoms with E-state index in [0.717, 1.165) is 11.3 Å². The van der Waals surface area contributed by atoms with Gasteiger partial charge in [0.1, 0.15) is 5.75 Å². The molecule has 1 aliphatic rings. The van der Waals surface area contributed by atoms with Crippen LogP contribution in [0.4, 0.5) is 23.7 Å². The fourth-order valence-electron chi connectivity index (χ4n) is 3.03. The number of nitrogens with zero attached hydrogens (tertiary/aromatic N) is 2. The molecule has 4 nitrogen and oxygen atoms in total. The molecule has 27 heavy (non-hydrogen) atoms. The molecule has 2 amide bonds. The van der Waals surface area contributed by atoms with Crippen molar-refractivity contribution in [3.05, 3.63) is 59.7 Å². The smallest absolute Gasteiger partial charge is 0.406 e. The first kappa shape index (κ1) is 19.1. The Morgan fingerprint density at radius 1 is 1.00 bits per heavy atom. The number of rotatable bonds is 5. The van der Waals surface area contributed by atoms with E-state index in [1.54, 1.807) is 9.80 Å². The number of ether oxygens (including phenoxy) is 1. The quantitative estimate of drug-likeness (QED) is 0.721. The number of anilines is 1. The average molecular weight is 378 g/mol. The van der Waals surface area contributed by atoms with Gasteiger partial charge in [0.05, 0.1) is 0 Å². The average Bonchev–Trinajstić information content (AvgIpc) is 2.96. The molecule has 7 heteroatoms. The van der Waals surface area contributed by atoms with Crippen molar-refractivity contribution in [1.29, 1.82) is 0 Å². The number of halogens is 3. The Bertz CT molecular complexity index is 786. The molecule has 0 atom stereocenters. The van der Waals surface area contributed by atoms with E-state index in [0.29, 0.717) is 25.6 Å². The Morgan fingerprint density at radius 2 is 1.63 bits per heavy atom. The van der Waals surface area contributed by atoms with Crippen molar-refractivity contribution in [3.63, 3.8) is 0 Å². The van der Waals surface area contributed by atoms with Crippen LogP contribution in [0, 0.1) is 0 Å². The van der Waals surface area contributed by atoms with Crippen molar-refractivity contribution in [2.75, 3.05) is 18.0 Å². The molecule has 0 spiro atoms. The van der Waals surface area contributed by atoms with Gasteiger partial charge in [0.2, 0.25) is 0 Å². The molecule has 0 aromatic heterocycles. The van der Waals surface area contributed by atoms with Crippen LogP contribution in [-0.2, 0) is 6.54 Å². The predicted octanol–water partition coefficient (Wildman–Crippen LogP) is 5.15. The van der Waals surface area contributed by atoms with E-state index in [-0.39, 0.29) is 11.8 Å². The zero-order valence-corrected chi connectivity index (χ0v) is 15.2. The molecule has 0 unspecified atom stereocenters. The van der Waals surface area contributed by atoms with Gasteiger partial charge >= 0.3 is 12.4 Å². The Hall–Kier alpha value is -2.70. The van der Waals surface area contributed by atoms with Gasteiger partial charge in [-0.15, -0.1) is 13.2 Å². The highest BCUT2D eigenvalue weighted by Crippen LogP contribution is 2.26. The lowest BCUT2D eigenvalue weighted by atomic mass is 10.0. The normalized spacial score (nSPS) is 15.0. The van der Waals surface area contributed by atoms with Crippen LogP contribution in [0.3, 0.4) is 0 Å². The predicted molar refractivity (Wildman–Crippen MR) is 96.8 cm³/mol. The first-order valence-corrected chi connectivity index (χ1v) is 8.74. The third-order valence-electron chi connectivity index (χ3n) is 4.50. The van der Waals surface area contributed by atoms with Gasteiger partial charge in [-0.1, -0.05) is 38.1 Å². The van der Waals surface area contributed by atoms with Crippen LogP contribution < -0.4 is 9.64 Å². The third-order valence-corrected chi connectivity index (χ3v) is 4.50. The number of hydrogen-bond acceptors (Lipinski definition) is 2. The highest BCUT2D eigenvalue weighted by atomic mass is 19.4. The van der Waals surface area contributed by atoms with Crippen LogP contribution in [0.2, 0.25) is 0 Å². The minimum atomic E-state index is -4.71. The van der Waals surface area contributed by atoms with Gasteiger partial charge in [-0.25, -0.2) is 4.79 Å². The molecule has 1 fully saturated rings. The molecule has 2 aromatic carbocycles. The van der Waals surface area contributed by atoms with E-state index >= 15 is 0 Å². The van der Waals surface area contributed by atoms with E-state index in [9.17, 15) is 18.0 Å². The fourth-order valence-corrected chi connectivity index (χ4v) is 3.03. The summed E-state index contributed by atoms with van der Waals surface area (Å²) in [5, 5.41) is 0. The Morgan fingerprint density at radius 3 is 2.19 bits per heavy atom. The van der Waals surface area contributed by atoms with Gasteiger partial charge < -0.3 is 9.64 Å². The maximum Gasteiger partial charge on any atom is 0.573 e. The Kier molecular flexibility index (Phi) is 5.30. The molecule has 2 aromatic rings. The van der Waals surface area contributed by atoms with Crippen LogP contribution in [0.1, 0.15) is 30.9 Å².